The molecule has 1 N–H and O–H groups in total. The van der Waals surface area contributed by atoms with Crippen molar-refractivity contribution < 1.29 is 9.63 Å². The molecule has 0 aliphatic rings. The summed E-state index contributed by atoms with van der Waals surface area (Å²) in [6.07, 6.45) is 4.73. The topological polar surface area (TPSA) is 76.5 Å². The molecule has 0 bridgehead atoms. The van der Waals surface area contributed by atoms with E-state index in [0.29, 0.717) is 34.3 Å². The number of oxime groups is 1. The van der Waals surface area contributed by atoms with E-state index < -0.39 is 0 Å². The highest BCUT2D eigenvalue weighted by atomic mass is 35.5. The highest BCUT2D eigenvalue weighted by Gasteiger charge is 2.10. The Hall–Kier alpha value is -2.18. The lowest BCUT2D eigenvalue weighted by molar-refractivity contribution is 0.0954. The van der Waals surface area contributed by atoms with Gasteiger partial charge in [-0.1, -0.05) is 34.4 Å². The first kappa shape index (κ1) is 17.2. The average molecular weight is 353 g/mol. The Labute approximate surface area is 143 Å². The SMILES string of the molecule is CO/N=C(\CCNC(=O)c1cncnc1)c1ccc(Cl)c(Cl)c1. The molecule has 0 spiro atoms. The molecule has 0 aliphatic heterocycles. The number of amides is 1. The maximum Gasteiger partial charge on any atom is 0.254 e. The summed E-state index contributed by atoms with van der Waals surface area (Å²) >= 11 is 11.9. The van der Waals surface area contributed by atoms with Gasteiger partial charge in [0.25, 0.3) is 5.91 Å². The fourth-order valence-corrected chi connectivity index (χ4v) is 2.14. The van der Waals surface area contributed by atoms with Crippen LogP contribution >= 0.6 is 23.2 Å². The first-order chi connectivity index (χ1) is 11.1. The number of rotatable bonds is 6. The Kier molecular flexibility index (Phi) is 6.31. The molecule has 1 heterocycles. The van der Waals surface area contributed by atoms with Gasteiger partial charge in [0, 0.05) is 30.9 Å². The Morgan fingerprint density at radius 2 is 1.96 bits per heavy atom. The van der Waals surface area contributed by atoms with Crippen LogP contribution in [0.1, 0.15) is 22.3 Å². The standard InChI is InChI=1S/C15H14Cl2N4O2/c1-23-21-14(10-2-3-12(16)13(17)6-10)4-5-20-15(22)11-7-18-9-19-8-11/h2-3,6-9H,4-5H2,1H3,(H,20,22)/b21-14+. The highest BCUT2D eigenvalue weighted by Crippen LogP contribution is 2.23. The Morgan fingerprint density at radius 1 is 1.22 bits per heavy atom. The summed E-state index contributed by atoms with van der Waals surface area (Å²) in [6.45, 7) is 0.371. The van der Waals surface area contributed by atoms with E-state index in [1.807, 2.05) is 0 Å². The van der Waals surface area contributed by atoms with Gasteiger partial charge in [-0.05, 0) is 12.1 Å². The molecule has 0 radical (unpaired) electrons. The van der Waals surface area contributed by atoms with Gasteiger partial charge in [0.15, 0.2) is 0 Å². The van der Waals surface area contributed by atoms with Gasteiger partial charge in [0.2, 0.25) is 0 Å². The third-order valence-electron chi connectivity index (χ3n) is 2.92. The minimum Gasteiger partial charge on any atom is -0.399 e. The molecule has 0 saturated carbocycles. The number of carbonyl (C=O) groups excluding carboxylic acids is 1. The molecule has 0 saturated heterocycles. The van der Waals surface area contributed by atoms with Gasteiger partial charge in [0.05, 0.1) is 21.3 Å². The number of carbonyl (C=O) groups is 1. The lowest BCUT2D eigenvalue weighted by Gasteiger charge is -2.08. The van der Waals surface area contributed by atoms with E-state index in [1.54, 1.807) is 18.2 Å². The van der Waals surface area contributed by atoms with Gasteiger partial charge >= 0.3 is 0 Å². The van der Waals surface area contributed by atoms with E-state index in [9.17, 15) is 4.79 Å². The summed E-state index contributed by atoms with van der Waals surface area (Å²) in [5.74, 6) is -0.253. The van der Waals surface area contributed by atoms with Crippen molar-refractivity contribution in [2.45, 2.75) is 6.42 Å². The summed E-state index contributed by atoms with van der Waals surface area (Å²) < 4.78 is 0. The summed E-state index contributed by atoms with van der Waals surface area (Å²) in [4.78, 5) is 24.4. The summed E-state index contributed by atoms with van der Waals surface area (Å²) in [5.41, 5.74) is 1.82. The minimum absolute atomic E-state index is 0.253. The number of benzene rings is 1. The van der Waals surface area contributed by atoms with E-state index in [1.165, 1.54) is 25.8 Å². The molecule has 23 heavy (non-hydrogen) atoms. The molecule has 1 aromatic carbocycles. The van der Waals surface area contributed by atoms with Crippen LogP contribution < -0.4 is 5.32 Å². The minimum atomic E-state index is -0.253. The maximum atomic E-state index is 11.9. The molecule has 0 fully saturated rings. The fourth-order valence-electron chi connectivity index (χ4n) is 1.84. The summed E-state index contributed by atoms with van der Waals surface area (Å²) in [7, 11) is 1.46. The van der Waals surface area contributed by atoms with Crippen LogP contribution in [0.15, 0.2) is 42.1 Å². The largest absolute Gasteiger partial charge is 0.399 e. The van der Waals surface area contributed by atoms with Crippen LogP contribution in [0.5, 0.6) is 0 Å². The molecule has 0 unspecified atom stereocenters. The highest BCUT2D eigenvalue weighted by molar-refractivity contribution is 6.42. The van der Waals surface area contributed by atoms with E-state index in [2.05, 4.69) is 20.4 Å². The number of nitrogens with zero attached hydrogens (tertiary/aromatic N) is 3. The summed E-state index contributed by atoms with van der Waals surface area (Å²) in [6, 6.07) is 5.18. The van der Waals surface area contributed by atoms with Crippen LogP contribution in [0, 0.1) is 0 Å². The number of hydrogen-bond donors (Lipinski definition) is 1. The van der Waals surface area contributed by atoms with Gasteiger partial charge in [0.1, 0.15) is 13.4 Å². The van der Waals surface area contributed by atoms with Crippen molar-refractivity contribution in [1.82, 2.24) is 15.3 Å². The molecule has 1 amide bonds. The van der Waals surface area contributed by atoms with Crippen LogP contribution in [0.2, 0.25) is 10.0 Å². The van der Waals surface area contributed by atoms with Crippen molar-refractivity contribution >= 4 is 34.8 Å². The predicted molar refractivity (Wildman–Crippen MR) is 89.0 cm³/mol. The number of nitrogens with one attached hydrogen (secondary N) is 1. The first-order valence-electron chi connectivity index (χ1n) is 6.70. The van der Waals surface area contributed by atoms with E-state index >= 15 is 0 Å². The predicted octanol–water partition coefficient (Wildman–Crippen LogP) is 2.95. The van der Waals surface area contributed by atoms with Crippen LogP contribution in [0.4, 0.5) is 0 Å². The number of aromatic nitrogens is 2. The van der Waals surface area contributed by atoms with Gasteiger partial charge in [-0.3, -0.25) is 4.79 Å². The molecule has 8 heteroatoms. The number of halogens is 2. The Morgan fingerprint density at radius 3 is 2.61 bits per heavy atom. The van der Waals surface area contributed by atoms with E-state index in [-0.39, 0.29) is 5.91 Å². The first-order valence-corrected chi connectivity index (χ1v) is 7.46. The lowest BCUT2D eigenvalue weighted by Crippen LogP contribution is -2.26. The van der Waals surface area contributed by atoms with Crippen LogP contribution in [0.25, 0.3) is 0 Å². The van der Waals surface area contributed by atoms with Crippen molar-refractivity contribution in [3.8, 4) is 0 Å². The molecule has 0 atom stereocenters. The van der Waals surface area contributed by atoms with Crippen molar-refractivity contribution in [2.24, 2.45) is 5.16 Å². The van der Waals surface area contributed by atoms with Crippen molar-refractivity contribution in [3.63, 3.8) is 0 Å². The van der Waals surface area contributed by atoms with Gasteiger partial charge in [-0.15, -0.1) is 0 Å². The zero-order chi connectivity index (χ0) is 16.7. The monoisotopic (exact) mass is 352 g/mol. The molecule has 0 aliphatic carbocycles. The fraction of sp³-hybridized carbons (Fsp3) is 0.200. The molecule has 120 valence electrons. The average Bonchev–Trinajstić information content (AvgIpc) is 2.57. The molecule has 2 rings (SSSR count). The molecule has 2 aromatic rings. The van der Waals surface area contributed by atoms with Crippen molar-refractivity contribution in [2.75, 3.05) is 13.7 Å². The second-order valence-electron chi connectivity index (χ2n) is 4.48. The van der Waals surface area contributed by atoms with E-state index in [4.69, 9.17) is 28.0 Å². The smallest absolute Gasteiger partial charge is 0.254 e. The van der Waals surface area contributed by atoms with Crippen LogP contribution in [0.3, 0.4) is 0 Å². The molecular weight excluding hydrogens is 339 g/mol. The zero-order valence-corrected chi connectivity index (χ0v) is 13.8. The second-order valence-corrected chi connectivity index (χ2v) is 5.30. The van der Waals surface area contributed by atoms with Gasteiger partial charge in [-0.25, -0.2) is 9.97 Å². The normalized spacial score (nSPS) is 11.2. The maximum absolute atomic E-state index is 11.9. The Balaban J connectivity index is 1.99. The van der Waals surface area contributed by atoms with Crippen molar-refractivity contribution in [3.05, 3.63) is 58.1 Å². The van der Waals surface area contributed by atoms with Crippen LogP contribution in [-0.4, -0.2) is 35.2 Å². The van der Waals surface area contributed by atoms with Crippen molar-refractivity contribution in [1.29, 1.82) is 0 Å². The van der Waals surface area contributed by atoms with Gasteiger partial charge in [-0.2, -0.15) is 0 Å². The van der Waals surface area contributed by atoms with E-state index in [0.717, 1.165) is 5.56 Å². The quantitative estimate of drug-likeness (QED) is 0.640. The third-order valence-corrected chi connectivity index (χ3v) is 3.66. The lowest BCUT2D eigenvalue weighted by atomic mass is 10.1. The molecule has 6 nitrogen and oxygen atoms in total. The van der Waals surface area contributed by atoms with Crippen LogP contribution in [-0.2, 0) is 4.84 Å². The van der Waals surface area contributed by atoms with Gasteiger partial charge < -0.3 is 10.2 Å². The zero-order valence-electron chi connectivity index (χ0n) is 12.3. The number of hydrogen-bond acceptors (Lipinski definition) is 5. The second kappa shape index (κ2) is 8.45. The molecular formula is C15H14Cl2N4O2. The molecule has 1 aromatic heterocycles. The third kappa shape index (κ3) is 4.91. The summed E-state index contributed by atoms with van der Waals surface area (Å²) in [5, 5.41) is 7.63. The Bertz CT molecular complexity index is 708.